The molecule has 0 saturated carbocycles. The van der Waals surface area contributed by atoms with Gasteiger partial charge < -0.3 is 9.84 Å². The van der Waals surface area contributed by atoms with Gasteiger partial charge in [-0.3, -0.25) is 14.6 Å². The number of aromatic nitrogens is 2. The van der Waals surface area contributed by atoms with E-state index >= 15 is 0 Å². The third-order valence-electron chi connectivity index (χ3n) is 4.29. The number of piperazine rings is 1. The Labute approximate surface area is 145 Å². The van der Waals surface area contributed by atoms with Gasteiger partial charge in [0.05, 0.1) is 17.2 Å². The van der Waals surface area contributed by atoms with Gasteiger partial charge >= 0.3 is 0 Å². The lowest BCUT2D eigenvalue weighted by atomic mass is 10.1. The van der Waals surface area contributed by atoms with Gasteiger partial charge in [0.2, 0.25) is 5.91 Å². The van der Waals surface area contributed by atoms with Gasteiger partial charge in [-0.25, -0.2) is 4.98 Å². The molecule has 2 aromatic heterocycles. The second kappa shape index (κ2) is 7.87. The van der Waals surface area contributed by atoms with Crippen molar-refractivity contribution >= 4 is 23.1 Å². The van der Waals surface area contributed by atoms with Crippen LogP contribution >= 0.6 is 11.3 Å². The van der Waals surface area contributed by atoms with Gasteiger partial charge in [0, 0.05) is 44.2 Å². The Hall–Kier alpha value is -1.77. The minimum Gasteiger partial charge on any atom is -0.360 e. The zero-order valence-electron chi connectivity index (χ0n) is 14.1. The fourth-order valence-electron chi connectivity index (χ4n) is 3.02. The predicted octanol–water partition coefficient (Wildman–Crippen LogP) is 1.97. The van der Waals surface area contributed by atoms with Crippen LogP contribution in [-0.4, -0.2) is 58.1 Å². The average molecular weight is 349 g/mol. The van der Waals surface area contributed by atoms with Crippen LogP contribution in [0.3, 0.4) is 0 Å². The minimum absolute atomic E-state index is 0.0150. The van der Waals surface area contributed by atoms with E-state index in [9.17, 15) is 4.79 Å². The lowest BCUT2D eigenvalue weighted by molar-refractivity contribution is -0.122. The van der Waals surface area contributed by atoms with Crippen molar-refractivity contribution in [2.75, 3.05) is 31.5 Å². The monoisotopic (exact) mass is 349 g/mol. The fourth-order valence-corrected chi connectivity index (χ4v) is 3.57. The third-order valence-corrected chi connectivity index (χ3v) is 4.92. The molecule has 0 aromatic carbocycles. The summed E-state index contributed by atoms with van der Waals surface area (Å²) in [6, 6.07) is 1.60. The molecule has 1 N–H and O–H groups in total. The number of anilines is 1. The average Bonchev–Trinajstić information content (AvgIpc) is 3.22. The van der Waals surface area contributed by atoms with Crippen molar-refractivity contribution in [1.29, 1.82) is 0 Å². The Morgan fingerprint density at radius 2 is 2.21 bits per heavy atom. The van der Waals surface area contributed by atoms with E-state index in [0.29, 0.717) is 11.6 Å². The minimum atomic E-state index is -0.136. The molecule has 1 aliphatic heterocycles. The van der Waals surface area contributed by atoms with Crippen molar-refractivity contribution in [2.45, 2.75) is 32.9 Å². The molecule has 130 valence electrons. The molecule has 1 fully saturated rings. The summed E-state index contributed by atoms with van der Waals surface area (Å²) in [7, 11) is 0. The molecule has 0 aliphatic carbocycles. The normalized spacial score (nSPS) is 17.8. The summed E-state index contributed by atoms with van der Waals surface area (Å²) in [6.45, 7) is 8.40. The van der Waals surface area contributed by atoms with Crippen molar-refractivity contribution in [3.63, 3.8) is 0 Å². The molecule has 1 saturated heterocycles. The zero-order chi connectivity index (χ0) is 16.9. The van der Waals surface area contributed by atoms with Crippen LogP contribution in [0.2, 0.25) is 0 Å². The third kappa shape index (κ3) is 4.19. The largest absolute Gasteiger partial charge is 0.360 e. The standard InChI is InChI=1S/C16H23N5O2S/c1-3-14(16(22)18-15-8-12(2)23-19-15)21-6-4-20(5-7-21)9-13-10-24-11-17-13/h8,10-11,14H,3-7,9H2,1-2H3,(H,18,19,22)/t14-/m0/s1. The smallest absolute Gasteiger partial charge is 0.242 e. The Balaban J connectivity index is 1.52. The van der Waals surface area contributed by atoms with Crippen molar-refractivity contribution in [3.8, 4) is 0 Å². The summed E-state index contributed by atoms with van der Waals surface area (Å²) in [6.07, 6.45) is 0.773. The molecule has 3 rings (SSSR count). The van der Waals surface area contributed by atoms with E-state index in [0.717, 1.165) is 44.8 Å². The van der Waals surface area contributed by atoms with Crippen molar-refractivity contribution in [3.05, 3.63) is 28.4 Å². The van der Waals surface area contributed by atoms with Crippen LogP contribution < -0.4 is 5.32 Å². The first-order valence-corrected chi connectivity index (χ1v) is 9.17. The number of aryl methyl sites for hydroxylation is 1. The highest BCUT2D eigenvalue weighted by Crippen LogP contribution is 2.15. The Bertz CT molecular complexity index is 649. The SMILES string of the molecule is CC[C@@H](C(=O)Nc1cc(C)on1)N1CCN(Cc2cscn2)CC1. The summed E-state index contributed by atoms with van der Waals surface area (Å²) in [5, 5.41) is 8.77. The molecule has 0 radical (unpaired) electrons. The number of rotatable bonds is 6. The van der Waals surface area contributed by atoms with Crippen LogP contribution in [0.1, 0.15) is 24.8 Å². The number of carbonyl (C=O) groups excluding carboxylic acids is 1. The molecule has 7 nitrogen and oxygen atoms in total. The van der Waals surface area contributed by atoms with Gasteiger partial charge in [0.1, 0.15) is 5.76 Å². The summed E-state index contributed by atoms with van der Waals surface area (Å²) >= 11 is 1.63. The number of amides is 1. The lowest BCUT2D eigenvalue weighted by Crippen LogP contribution is -2.53. The molecule has 1 atom stereocenters. The molecule has 0 unspecified atom stereocenters. The highest BCUT2D eigenvalue weighted by Gasteiger charge is 2.28. The second-order valence-corrected chi connectivity index (χ2v) is 6.75. The van der Waals surface area contributed by atoms with Crippen LogP contribution in [0.15, 0.2) is 21.5 Å². The van der Waals surface area contributed by atoms with E-state index in [4.69, 9.17) is 4.52 Å². The summed E-state index contributed by atoms with van der Waals surface area (Å²) < 4.78 is 5.00. The first-order valence-electron chi connectivity index (χ1n) is 8.23. The van der Waals surface area contributed by atoms with Gasteiger partial charge in [0.25, 0.3) is 0 Å². The van der Waals surface area contributed by atoms with Gasteiger partial charge in [-0.05, 0) is 13.3 Å². The number of thiazole rings is 1. The van der Waals surface area contributed by atoms with Crippen molar-refractivity contribution in [2.24, 2.45) is 0 Å². The van der Waals surface area contributed by atoms with Crippen LogP contribution in [0.5, 0.6) is 0 Å². The molecule has 0 bridgehead atoms. The van der Waals surface area contributed by atoms with Crippen molar-refractivity contribution in [1.82, 2.24) is 19.9 Å². The number of nitrogens with zero attached hydrogens (tertiary/aromatic N) is 4. The van der Waals surface area contributed by atoms with E-state index < -0.39 is 0 Å². The Morgan fingerprint density at radius 1 is 1.42 bits per heavy atom. The maximum absolute atomic E-state index is 12.5. The Morgan fingerprint density at radius 3 is 2.79 bits per heavy atom. The molecule has 3 heterocycles. The second-order valence-electron chi connectivity index (χ2n) is 6.03. The summed E-state index contributed by atoms with van der Waals surface area (Å²) in [4.78, 5) is 21.5. The molecule has 1 aliphatic rings. The van der Waals surface area contributed by atoms with E-state index in [1.54, 1.807) is 17.4 Å². The van der Waals surface area contributed by atoms with Crippen LogP contribution in [0.25, 0.3) is 0 Å². The molecule has 24 heavy (non-hydrogen) atoms. The molecular formula is C16H23N5O2S. The quantitative estimate of drug-likeness (QED) is 0.859. The topological polar surface area (TPSA) is 74.5 Å². The zero-order valence-corrected chi connectivity index (χ0v) is 14.9. The van der Waals surface area contributed by atoms with Gasteiger partial charge in [-0.15, -0.1) is 11.3 Å². The number of hydrogen-bond donors (Lipinski definition) is 1. The fraction of sp³-hybridized carbons (Fsp3) is 0.562. The molecule has 1 amide bonds. The van der Waals surface area contributed by atoms with Crippen LogP contribution in [-0.2, 0) is 11.3 Å². The maximum atomic E-state index is 12.5. The first-order chi connectivity index (χ1) is 11.7. The van der Waals surface area contributed by atoms with Gasteiger partial charge in [-0.2, -0.15) is 0 Å². The van der Waals surface area contributed by atoms with Gasteiger partial charge in [0.15, 0.2) is 5.82 Å². The van der Waals surface area contributed by atoms with Crippen LogP contribution in [0.4, 0.5) is 5.82 Å². The molecule has 2 aromatic rings. The molecule has 0 spiro atoms. The molecular weight excluding hydrogens is 326 g/mol. The number of nitrogens with one attached hydrogen (secondary N) is 1. The highest BCUT2D eigenvalue weighted by molar-refractivity contribution is 7.07. The van der Waals surface area contributed by atoms with Crippen LogP contribution in [0, 0.1) is 6.92 Å². The number of carbonyl (C=O) groups is 1. The van der Waals surface area contributed by atoms with E-state index in [1.165, 1.54) is 0 Å². The first kappa shape index (κ1) is 17.1. The van der Waals surface area contributed by atoms with E-state index in [-0.39, 0.29) is 11.9 Å². The Kier molecular flexibility index (Phi) is 5.60. The van der Waals surface area contributed by atoms with E-state index in [1.807, 2.05) is 19.4 Å². The predicted molar refractivity (Wildman–Crippen MR) is 92.9 cm³/mol. The van der Waals surface area contributed by atoms with Crippen molar-refractivity contribution < 1.29 is 9.32 Å². The lowest BCUT2D eigenvalue weighted by Gasteiger charge is -2.38. The van der Waals surface area contributed by atoms with E-state index in [2.05, 4.69) is 30.6 Å². The van der Waals surface area contributed by atoms with Gasteiger partial charge in [-0.1, -0.05) is 12.1 Å². The highest BCUT2D eigenvalue weighted by atomic mass is 32.1. The molecule has 8 heteroatoms. The maximum Gasteiger partial charge on any atom is 0.242 e. The summed E-state index contributed by atoms with van der Waals surface area (Å²) in [5.41, 5.74) is 2.99. The summed E-state index contributed by atoms with van der Waals surface area (Å²) in [5.74, 6) is 1.16. The number of hydrogen-bond acceptors (Lipinski definition) is 7.